The van der Waals surface area contributed by atoms with E-state index in [1.807, 2.05) is 60.8 Å². The van der Waals surface area contributed by atoms with Crippen molar-refractivity contribution < 1.29 is 24.5 Å². The fourth-order valence-electron chi connectivity index (χ4n) is 6.35. The number of para-hydroxylation sites is 3. The van der Waals surface area contributed by atoms with E-state index in [0.29, 0.717) is 0 Å². The van der Waals surface area contributed by atoms with Crippen molar-refractivity contribution in [1.82, 2.24) is 14.5 Å². The van der Waals surface area contributed by atoms with Crippen molar-refractivity contribution in [2.45, 2.75) is 38.0 Å². The van der Waals surface area contributed by atoms with Gasteiger partial charge in [0.05, 0.1) is 22.4 Å². The molecule has 6 heteroatoms. The topological polar surface area (TPSA) is 43.9 Å². The zero-order valence-corrected chi connectivity index (χ0v) is 32.5. The van der Waals surface area contributed by atoms with E-state index in [4.69, 9.17) is 9.40 Å². The average Bonchev–Trinajstić information content (AvgIpc) is 3.64. The Balaban J connectivity index is 0.000000201. The van der Waals surface area contributed by atoms with Crippen molar-refractivity contribution in [3.63, 3.8) is 0 Å². The van der Waals surface area contributed by atoms with E-state index in [-0.39, 0.29) is 20.1 Å². The van der Waals surface area contributed by atoms with Gasteiger partial charge in [-0.25, -0.2) is 0 Å². The molecule has 3 heterocycles. The number of hydrogen-bond acceptors (Lipinski definition) is 3. The maximum Gasteiger partial charge on any atom is 0 e. The average molecular weight is 865 g/mol. The summed E-state index contributed by atoms with van der Waals surface area (Å²) in [5.41, 5.74) is 11.6. The number of rotatable bonds is 4. The van der Waals surface area contributed by atoms with E-state index in [1.165, 1.54) is 21.1 Å². The Morgan fingerprint density at radius 3 is 2.17 bits per heavy atom. The molecule has 4 nitrogen and oxygen atoms in total. The maximum absolute atomic E-state index is 6.32. The number of furan rings is 1. The third-order valence-electron chi connectivity index (χ3n) is 8.60. The van der Waals surface area contributed by atoms with Gasteiger partial charge in [-0.1, -0.05) is 59.0 Å². The minimum atomic E-state index is -1.72. The van der Waals surface area contributed by atoms with Crippen molar-refractivity contribution in [1.29, 1.82) is 0 Å². The fraction of sp³-hybridized carbons (Fsp3) is 0.143. The molecule has 0 spiro atoms. The quantitative estimate of drug-likeness (QED) is 0.131. The van der Waals surface area contributed by atoms with Gasteiger partial charge in [-0.3, -0.25) is 4.98 Å². The van der Waals surface area contributed by atoms with Crippen molar-refractivity contribution in [3.05, 3.63) is 144 Å². The molecule has 0 aliphatic carbocycles. The van der Waals surface area contributed by atoms with Gasteiger partial charge in [-0.05, 0) is 50.1 Å². The number of hydrogen-bond donors (Lipinski definition) is 0. The standard InChI is InChI=1S/C28H21N2O.C14H16GeN.Ir/c1-17-15-18(2)26(19(3)16-17)30-24-13-6-5-12-23(24)29-28(30)22-11-8-10-21-20-9-4-7-14-25(20)31-27(21)22;1-15(2,3)13-9-10-14(16-11-13)12-7-5-4-6-8-12;/h4-10,12-16H,1-3H3;4-7,9-11H,1-3H3;/q2*-1;. The van der Waals surface area contributed by atoms with Crippen LogP contribution in [-0.2, 0) is 20.1 Å². The molecule has 241 valence electrons. The molecular weight excluding hydrogens is 827 g/mol. The second-order valence-electron chi connectivity index (χ2n) is 13.2. The Morgan fingerprint density at radius 2 is 1.46 bits per heavy atom. The van der Waals surface area contributed by atoms with Gasteiger partial charge < -0.3 is 8.98 Å². The molecule has 0 bridgehead atoms. The van der Waals surface area contributed by atoms with Gasteiger partial charge in [-0.15, -0.1) is 18.2 Å². The van der Waals surface area contributed by atoms with Crippen molar-refractivity contribution >= 4 is 50.6 Å². The summed E-state index contributed by atoms with van der Waals surface area (Å²) in [4.78, 5) is 9.59. The van der Waals surface area contributed by atoms with Gasteiger partial charge in [0, 0.05) is 31.2 Å². The van der Waals surface area contributed by atoms with Crippen LogP contribution in [0.3, 0.4) is 0 Å². The molecule has 0 fully saturated rings. The third kappa shape index (κ3) is 6.43. The van der Waals surface area contributed by atoms with Crippen LogP contribution in [0.1, 0.15) is 16.7 Å². The minimum Gasteiger partial charge on any atom is 0 e. The number of fused-ring (bicyclic) bond motifs is 4. The van der Waals surface area contributed by atoms with Crippen LogP contribution in [-0.4, -0.2) is 27.8 Å². The predicted molar refractivity (Wildman–Crippen MR) is 198 cm³/mol. The zero-order valence-electron chi connectivity index (χ0n) is 28.1. The number of aromatic nitrogens is 3. The van der Waals surface area contributed by atoms with Crippen LogP contribution >= 0.6 is 0 Å². The predicted octanol–water partition coefficient (Wildman–Crippen LogP) is 10.4. The van der Waals surface area contributed by atoms with Crippen molar-refractivity contribution in [2.75, 3.05) is 0 Å². The molecule has 0 N–H and O–H groups in total. The summed E-state index contributed by atoms with van der Waals surface area (Å²) in [6, 6.07) is 43.9. The van der Waals surface area contributed by atoms with E-state index in [0.717, 1.165) is 61.3 Å². The number of imidazole rings is 1. The summed E-state index contributed by atoms with van der Waals surface area (Å²) in [5.74, 6) is 7.99. The Morgan fingerprint density at radius 1 is 0.729 bits per heavy atom. The van der Waals surface area contributed by atoms with Crippen LogP contribution in [0.2, 0.25) is 17.3 Å². The van der Waals surface area contributed by atoms with E-state index in [1.54, 1.807) is 0 Å². The number of benzene rings is 5. The first-order valence-electron chi connectivity index (χ1n) is 16.0. The molecule has 0 atom stereocenters. The molecule has 0 amide bonds. The van der Waals surface area contributed by atoms with E-state index < -0.39 is 13.3 Å². The normalized spacial score (nSPS) is 11.4. The summed E-state index contributed by atoms with van der Waals surface area (Å²) in [7, 11) is 0. The third-order valence-corrected chi connectivity index (χ3v) is 12.9. The van der Waals surface area contributed by atoms with E-state index in [2.05, 4.69) is 114 Å². The molecule has 1 radical (unpaired) electrons. The maximum atomic E-state index is 6.32. The Kier molecular flexibility index (Phi) is 9.58. The molecule has 3 aromatic heterocycles. The molecule has 0 unspecified atom stereocenters. The van der Waals surface area contributed by atoms with Gasteiger partial charge in [0.25, 0.3) is 0 Å². The molecule has 0 aliphatic heterocycles. The van der Waals surface area contributed by atoms with Crippen molar-refractivity contribution in [2.24, 2.45) is 0 Å². The molecular formula is C42H37GeIrN3O-2. The first-order chi connectivity index (χ1) is 22.7. The largest absolute Gasteiger partial charge is 0 e. The molecule has 0 saturated carbocycles. The Hall–Kier alpha value is -4.29. The van der Waals surface area contributed by atoms with Gasteiger partial charge in [0.15, 0.2) is 0 Å². The van der Waals surface area contributed by atoms with Crippen LogP contribution in [0.25, 0.3) is 61.3 Å². The van der Waals surface area contributed by atoms with Crippen molar-refractivity contribution in [3.8, 4) is 28.3 Å². The SMILES string of the molecule is Cc1cc(C)c(-n2c(-c3[c-]ccc4c3oc3ccccc34)nc3ccccc32)c(C)c1.[CH3][Ge]([CH3])([CH3])[c]1ccc(-c2[c-]cccc2)nc1.[Ir]. The zero-order chi connectivity index (χ0) is 32.7. The summed E-state index contributed by atoms with van der Waals surface area (Å²) in [6.45, 7) is 6.47. The molecule has 5 aromatic carbocycles. The van der Waals surface area contributed by atoms with Crippen LogP contribution in [0.5, 0.6) is 0 Å². The molecule has 0 aliphatic rings. The van der Waals surface area contributed by atoms with Crippen LogP contribution in [0, 0.1) is 32.9 Å². The minimum absolute atomic E-state index is 0. The number of aryl methyl sites for hydroxylation is 3. The summed E-state index contributed by atoms with van der Waals surface area (Å²) >= 11 is -1.72. The number of pyridine rings is 1. The number of nitrogens with zero attached hydrogens (tertiary/aromatic N) is 3. The van der Waals surface area contributed by atoms with Gasteiger partial charge >= 0.3 is 99.8 Å². The van der Waals surface area contributed by atoms with Gasteiger partial charge in [0.1, 0.15) is 5.58 Å². The fourth-order valence-corrected chi connectivity index (χ4v) is 8.52. The molecule has 0 saturated heterocycles. The Labute approximate surface area is 298 Å². The van der Waals surface area contributed by atoms with E-state index in [9.17, 15) is 0 Å². The van der Waals surface area contributed by atoms with Crippen LogP contribution in [0.15, 0.2) is 120 Å². The molecule has 8 rings (SSSR count). The first kappa shape index (κ1) is 33.6. The van der Waals surface area contributed by atoms with Crippen LogP contribution < -0.4 is 4.40 Å². The molecule has 8 aromatic rings. The summed E-state index contributed by atoms with van der Waals surface area (Å²) in [5, 5.41) is 2.19. The summed E-state index contributed by atoms with van der Waals surface area (Å²) < 4.78 is 10.0. The smallest absolute Gasteiger partial charge is 0 e. The second kappa shape index (κ2) is 13.7. The van der Waals surface area contributed by atoms with Gasteiger partial charge in [0.2, 0.25) is 0 Å². The van der Waals surface area contributed by atoms with E-state index >= 15 is 0 Å². The first-order valence-corrected chi connectivity index (χ1v) is 23.3. The monoisotopic (exact) mass is 866 g/mol. The summed E-state index contributed by atoms with van der Waals surface area (Å²) in [6.07, 6.45) is 2.04. The van der Waals surface area contributed by atoms with Gasteiger partial charge in [-0.2, -0.15) is 0 Å². The Bertz CT molecular complexity index is 2340. The van der Waals surface area contributed by atoms with Crippen LogP contribution in [0.4, 0.5) is 0 Å². The molecule has 48 heavy (non-hydrogen) atoms. The second-order valence-corrected chi connectivity index (χ2v) is 23.8.